The van der Waals surface area contributed by atoms with Crippen LogP contribution in [0.1, 0.15) is 127 Å². The van der Waals surface area contributed by atoms with E-state index in [1.54, 1.807) is 55.5 Å². The number of rotatable bonds is 43. The molecule has 0 aliphatic rings. The van der Waals surface area contributed by atoms with Gasteiger partial charge >= 0.3 is 0 Å². The number of nitrogens with one attached hydrogen (secondary N) is 4. The smallest absolute Gasteiger partial charge is 0.243 e. The number of benzene rings is 2. The second-order valence-corrected chi connectivity index (χ2v) is 17.1. The van der Waals surface area contributed by atoms with Crippen LogP contribution in [0.3, 0.4) is 0 Å². The summed E-state index contributed by atoms with van der Waals surface area (Å²) in [5, 5.41) is 10.8. The van der Waals surface area contributed by atoms with Gasteiger partial charge in [-0.15, -0.1) is 0 Å². The molecule has 69 heavy (non-hydrogen) atoms. The fraction of sp³-hybridized carbons (Fsp3) is 0.608. The third-order valence-corrected chi connectivity index (χ3v) is 11.2. The number of carbonyl (C=O) groups excluding carboxylic acids is 8. The SMILES string of the molecule is CCC(=O)CC(=O)CC(CCC(=O)NC(Cc1ccccc1)C(=O)NCC(=O)CCCCCOCCCCON)C(=O)NC(Cc1ccccc1)C(=O)NCC(=O)CCCCCOCCCCON. The van der Waals surface area contributed by atoms with E-state index in [4.69, 9.17) is 21.3 Å². The predicted octanol–water partition coefficient (Wildman–Crippen LogP) is 4.03. The number of amides is 4. The Morgan fingerprint density at radius 2 is 0.928 bits per heavy atom. The fourth-order valence-corrected chi connectivity index (χ4v) is 7.18. The Bertz CT molecular complexity index is 1800. The second kappa shape index (κ2) is 38.6. The summed E-state index contributed by atoms with van der Waals surface area (Å²) in [6, 6.07) is 15.8. The average molecular weight is 967 g/mol. The molecule has 8 N–H and O–H groups in total. The molecule has 2 rings (SSSR count). The van der Waals surface area contributed by atoms with E-state index in [2.05, 4.69) is 30.9 Å². The van der Waals surface area contributed by atoms with Crippen molar-refractivity contribution in [3.05, 3.63) is 71.8 Å². The van der Waals surface area contributed by atoms with Crippen LogP contribution in [-0.2, 0) is 70.3 Å². The maximum Gasteiger partial charge on any atom is 0.243 e. The van der Waals surface area contributed by atoms with Crippen molar-refractivity contribution >= 4 is 46.8 Å². The number of ether oxygens (including phenoxy) is 2. The van der Waals surface area contributed by atoms with E-state index < -0.39 is 47.4 Å². The van der Waals surface area contributed by atoms with Gasteiger partial charge in [-0.05, 0) is 68.9 Å². The van der Waals surface area contributed by atoms with E-state index in [9.17, 15) is 38.4 Å². The molecule has 18 heteroatoms. The molecule has 0 saturated heterocycles. The average Bonchev–Trinajstić information content (AvgIpc) is 3.34. The number of ketones is 4. The molecule has 0 saturated carbocycles. The topological polar surface area (TPSA) is 274 Å². The van der Waals surface area contributed by atoms with Crippen molar-refractivity contribution < 1.29 is 57.5 Å². The monoisotopic (exact) mass is 967 g/mol. The lowest BCUT2D eigenvalue weighted by molar-refractivity contribution is -0.135. The first-order valence-electron chi connectivity index (χ1n) is 24.5. The number of nitrogens with two attached hydrogens (primary N) is 2. The molecule has 0 heterocycles. The van der Waals surface area contributed by atoms with Crippen LogP contribution in [0.2, 0.25) is 0 Å². The summed E-state index contributed by atoms with van der Waals surface area (Å²) in [5.41, 5.74) is 1.49. The molecule has 3 atom stereocenters. The van der Waals surface area contributed by atoms with Crippen LogP contribution < -0.4 is 33.1 Å². The largest absolute Gasteiger partial charge is 0.381 e. The first-order chi connectivity index (χ1) is 33.4. The lowest BCUT2D eigenvalue weighted by Crippen LogP contribution is -2.51. The van der Waals surface area contributed by atoms with Gasteiger partial charge in [-0.2, -0.15) is 0 Å². The summed E-state index contributed by atoms with van der Waals surface area (Å²) >= 11 is 0. The van der Waals surface area contributed by atoms with Crippen molar-refractivity contribution in [2.24, 2.45) is 17.7 Å². The lowest BCUT2D eigenvalue weighted by atomic mass is 9.92. The summed E-state index contributed by atoms with van der Waals surface area (Å²) in [6.45, 7) is 4.51. The Kier molecular flexibility index (Phi) is 33.5. The molecule has 2 aromatic carbocycles. The fourth-order valence-electron chi connectivity index (χ4n) is 7.18. The lowest BCUT2D eigenvalue weighted by Gasteiger charge is -2.23. The number of hydrogen-bond acceptors (Lipinski definition) is 14. The minimum Gasteiger partial charge on any atom is -0.381 e. The first-order valence-corrected chi connectivity index (χ1v) is 24.5. The van der Waals surface area contributed by atoms with Gasteiger partial charge in [0.15, 0.2) is 11.6 Å². The number of Topliss-reactive ketones (excluding diaryl/α,β-unsaturated/α-hetero) is 4. The summed E-state index contributed by atoms with van der Waals surface area (Å²) in [4.78, 5) is 115. The van der Waals surface area contributed by atoms with Crippen LogP contribution in [0.25, 0.3) is 0 Å². The minimum atomic E-state index is -1.14. The van der Waals surface area contributed by atoms with Crippen LogP contribution in [0, 0.1) is 5.92 Å². The van der Waals surface area contributed by atoms with Crippen LogP contribution in [0.5, 0.6) is 0 Å². The molecule has 3 unspecified atom stereocenters. The third kappa shape index (κ3) is 30.1. The summed E-state index contributed by atoms with van der Waals surface area (Å²) in [5.74, 6) is 5.37. The third-order valence-electron chi connectivity index (χ3n) is 11.2. The first kappa shape index (κ1) is 59.9. The molecule has 0 aliphatic carbocycles. The maximum atomic E-state index is 14.1. The van der Waals surface area contributed by atoms with Crippen LogP contribution in [0.4, 0.5) is 0 Å². The summed E-state index contributed by atoms with van der Waals surface area (Å²) in [6.07, 6.45) is 7.37. The van der Waals surface area contributed by atoms with Crippen LogP contribution >= 0.6 is 0 Å². The van der Waals surface area contributed by atoms with E-state index in [1.165, 1.54) is 0 Å². The van der Waals surface area contributed by atoms with E-state index in [1.807, 2.05) is 12.1 Å². The molecule has 0 fully saturated rings. The molecular weight excluding hydrogens is 889 g/mol. The standard InChI is InChI=1S/C51H78N6O12/c1-2-42(58)36-45(61)35-41(49(63)57-47(34-40-21-9-4-10-22-40)51(65)55-38-44(60)24-12-6-14-28-67-30-16-18-32-69-53)25-26-48(62)56-46(33-39-19-7-3-8-20-39)50(64)54-37-43(59)23-11-5-13-27-66-29-15-17-31-68-52/h3-4,7-10,19-22,41,46-47H,2,5-6,11-18,23-38,52-53H2,1H3,(H,54,64)(H,55,65)(H,56,62)(H,57,63). The van der Waals surface area contributed by atoms with Gasteiger partial charge in [0, 0.05) is 77.3 Å². The van der Waals surface area contributed by atoms with Gasteiger partial charge in [-0.1, -0.05) is 80.4 Å². The normalized spacial score (nSPS) is 12.3. The van der Waals surface area contributed by atoms with Gasteiger partial charge in [0.2, 0.25) is 23.6 Å². The molecule has 0 radical (unpaired) electrons. The van der Waals surface area contributed by atoms with Gasteiger partial charge in [-0.25, -0.2) is 11.8 Å². The van der Waals surface area contributed by atoms with Gasteiger partial charge < -0.3 is 40.4 Å². The molecule has 0 aromatic heterocycles. The Hall–Kier alpha value is -5.24. The molecular formula is C51H78N6O12. The van der Waals surface area contributed by atoms with Gasteiger partial charge in [0.05, 0.1) is 32.7 Å². The molecule has 0 aliphatic heterocycles. The highest BCUT2D eigenvalue weighted by atomic mass is 16.6. The van der Waals surface area contributed by atoms with Crippen molar-refractivity contribution in [3.8, 4) is 0 Å². The molecule has 0 spiro atoms. The molecule has 4 amide bonds. The van der Waals surface area contributed by atoms with Crippen molar-refractivity contribution in [2.45, 2.75) is 141 Å². The zero-order chi connectivity index (χ0) is 50.3. The van der Waals surface area contributed by atoms with Crippen molar-refractivity contribution in [3.63, 3.8) is 0 Å². The van der Waals surface area contributed by atoms with Crippen molar-refractivity contribution in [2.75, 3.05) is 52.7 Å². The molecule has 0 bridgehead atoms. The predicted molar refractivity (Wildman–Crippen MR) is 260 cm³/mol. The van der Waals surface area contributed by atoms with E-state index in [0.717, 1.165) is 62.5 Å². The van der Waals surface area contributed by atoms with Crippen molar-refractivity contribution in [1.29, 1.82) is 0 Å². The second-order valence-electron chi connectivity index (χ2n) is 17.1. The minimum absolute atomic E-state index is 0.0715. The van der Waals surface area contributed by atoms with Crippen molar-refractivity contribution in [1.82, 2.24) is 21.3 Å². The number of carbonyl (C=O) groups is 8. The van der Waals surface area contributed by atoms with E-state index in [-0.39, 0.29) is 88.2 Å². The summed E-state index contributed by atoms with van der Waals surface area (Å²) in [7, 11) is 0. The Morgan fingerprint density at radius 3 is 1.38 bits per heavy atom. The summed E-state index contributed by atoms with van der Waals surface area (Å²) < 4.78 is 11.2. The van der Waals surface area contributed by atoms with E-state index >= 15 is 0 Å². The molecule has 384 valence electrons. The maximum absolute atomic E-state index is 14.1. The Labute approximate surface area is 407 Å². The Morgan fingerprint density at radius 1 is 0.493 bits per heavy atom. The number of hydrogen-bond donors (Lipinski definition) is 6. The van der Waals surface area contributed by atoms with Gasteiger partial charge in [0.25, 0.3) is 0 Å². The number of unbranched alkanes of at least 4 members (excludes halogenated alkanes) is 6. The quantitative estimate of drug-likeness (QED) is 0.0311. The van der Waals surface area contributed by atoms with Crippen LogP contribution in [-0.4, -0.2) is 112 Å². The molecule has 2 aromatic rings. The van der Waals surface area contributed by atoms with Crippen LogP contribution in [0.15, 0.2) is 60.7 Å². The highest BCUT2D eigenvalue weighted by Gasteiger charge is 2.30. The zero-order valence-corrected chi connectivity index (χ0v) is 40.7. The highest BCUT2D eigenvalue weighted by Crippen LogP contribution is 2.17. The van der Waals surface area contributed by atoms with Gasteiger partial charge in [0.1, 0.15) is 23.7 Å². The highest BCUT2D eigenvalue weighted by molar-refractivity contribution is 6.01. The van der Waals surface area contributed by atoms with E-state index in [0.29, 0.717) is 52.5 Å². The zero-order valence-electron chi connectivity index (χ0n) is 40.7. The molecule has 18 nitrogen and oxygen atoms in total. The Balaban J connectivity index is 2.06. The van der Waals surface area contributed by atoms with Gasteiger partial charge in [-0.3, -0.25) is 38.4 Å².